The quantitative estimate of drug-likeness (QED) is 0.223. The van der Waals surface area contributed by atoms with Crippen molar-refractivity contribution in [1.82, 2.24) is 23.9 Å². The summed E-state index contributed by atoms with van der Waals surface area (Å²) in [7, 11) is -3.92. The lowest BCUT2D eigenvalue weighted by Crippen LogP contribution is -2.35. The van der Waals surface area contributed by atoms with Gasteiger partial charge < -0.3 is 10.0 Å². The molecule has 14 heteroatoms. The van der Waals surface area contributed by atoms with Crippen LogP contribution in [0.2, 0.25) is 0 Å². The number of carboxylic acids is 1. The third-order valence-corrected chi connectivity index (χ3v) is 10.2. The topological polar surface area (TPSA) is 121 Å². The molecule has 4 heterocycles. The summed E-state index contributed by atoms with van der Waals surface area (Å²) in [6.45, 7) is 6.99. The number of rotatable bonds is 10. The number of carboxylic acid groups (broad SMARTS) is 1. The number of benzene rings is 1. The minimum Gasteiger partial charge on any atom is -0.481 e. The molecule has 45 heavy (non-hydrogen) atoms. The molecule has 0 saturated heterocycles. The molecule has 0 bridgehead atoms. The summed E-state index contributed by atoms with van der Waals surface area (Å²) < 4.78 is 70.5. The van der Waals surface area contributed by atoms with E-state index in [4.69, 9.17) is 0 Å². The van der Waals surface area contributed by atoms with E-state index in [0.29, 0.717) is 41.2 Å². The number of unbranched alkanes of at least 4 members (excludes halogenated alkanes) is 2. The summed E-state index contributed by atoms with van der Waals surface area (Å²) in [5.41, 5.74) is 2.95. The third-order valence-electron chi connectivity index (χ3n) is 8.32. The summed E-state index contributed by atoms with van der Waals surface area (Å²) in [6, 6.07) is 10.0. The number of halogens is 3. The van der Waals surface area contributed by atoms with E-state index in [1.54, 1.807) is 37.4 Å². The Balaban J connectivity index is 1.51. The lowest BCUT2D eigenvalue weighted by atomic mass is 9.85. The van der Waals surface area contributed by atoms with Gasteiger partial charge in [-0.1, -0.05) is 38.0 Å². The maximum Gasteiger partial charge on any atom is 0.452 e. The van der Waals surface area contributed by atoms with Gasteiger partial charge in [-0.2, -0.15) is 17.5 Å². The lowest BCUT2D eigenvalue weighted by molar-refractivity contribution is -0.145. The average molecular weight is 645 g/mol. The second kappa shape index (κ2) is 12.8. The summed E-state index contributed by atoms with van der Waals surface area (Å²) in [4.78, 5) is 18.6. The predicted molar refractivity (Wildman–Crippen MR) is 162 cm³/mol. The number of fused-ring (bicyclic) bond motifs is 2. The zero-order valence-corrected chi connectivity index (χ0v) is 26.1. The molecule has 240 valence electrons. The first-order valence-corrected chi connectivity index (χ1v) is 16.2. The molecule has 10 nitrogen and oxygen atoms in total. The first-order chi connectivity index (χ1) is 21.3. The van der Waals surface area contributed by atoms with Gasteiger partial charge in [0.15, 0.2) is 5.65 Å². The van der Waals surface area contributed by atoms with Gasteiger partial charge in [0.1, 0.15) is 10.7 Å². The highest BCUT2D eigenvalue weighted by Gasteiger charge is 2.38. The van der Waals surface area contributed by atoms with E-state index in [9.17, 15) is 31.5 Å². The van der Waals surface area contributed by atoms with Crippen molar-refractivity contribution in [3.05, 3.63) is 82.4 Å². The van der Waals surface area contributed by atoms with Crippen molar-refractivity contribution < 1.29 is 31.5 Å². The van der Waals surface area contributed by atoms with Crippen LogP contribution in [0.3, 0.4) is 0 Å². The molecule has 0 radical (unpaired) electrons. The van der Waals surface area contributed by atoms with Crippen molar-refractivity contribution in [3.63, 3.8) is 0 Å². The standard InChI is InChI=1S/C31H35F3N6O4S/c1-4-5-6-13-38-15-16-39(45(43,44)26-8-7-12-35-29(26)38)19-23-17-22(10-9-20(23)2)25(18-27(41)42)24-11-14-40-28(21(24)3)36-37-30(40)31(32,33)34/h7-12,14,17,25H,4-6,13,15-16,18-19H2,1-3H3,(H,41,42)/t25-/m0/s1. The van der Waals surface area contributed by atoms with Gasteiger partial charge in [0.25, 0.3) is 0 Å². The molecule has 0 unspecified atom stereocenters. The molecule has 1 N–H and O–H groups in total. The molecule has 1 aromatic carbocycles. The molecule has 1 atom stereocenters. The average Bonchev–Trinajstić information content (AvgIpc) is 3.40. The van der Waals surface area contributed by atoms with Crippen molar-refractivity contribution in [2.45, 2.75) is 70.0 Å². The van der Waals surface area contributed by atoms with Crippen molar-refractivity contribution in [3.8, 4) is 0 Å². The molecule has 0 fully saturated rings. The number of anilines is 1. The minimum absolute atomic E-state index is 0.0195. The zero-order valence-electron chi connectivity index (χ0n) is 25.3. The molecule has 1 aliphatic rings. The summed E-state index contributed by atoms with van der Waals surface area (Å²) in [5, 5.41) is 16.9. The van der Waals surface area contributed by atoms with E-state index >= 15 is 0 Å². The number of alkyl halides is 3. The molecule has 5 rings (SSSR count). The van der Waals surface area contributed by atoms with E-state index in [0.717, 1.165) is 29.2 Å². The van der Waals surface area contributed by atoms with Crippen LogP contribution in [-0.2, 0) is 27.5 Å². The Bertz CT molecular complexity index is 1830. The Hall–Kier alpha value is -4.04. The maximum atomic E-state index is 13.9. The minimum atomic E-state index is -4.71. The van der Waals surface area contributed by atoms with Crippen LogP contribution < -0.4 is 4.90 Å². The van der Waals surface area contributed by atoms with Crippen LogP contribution in [0.1, 0.15) is 72.2 Å². The largest absolute Gasteiger partial charge is 0.481 e. The zero-order chi connectivity index (χ0) is 32.5. The molecule has 0 saturated carbocycles. The van der Waals surface area contributed by atoms with Crippen molar-refractivity contribution in [1.29, 1.82) is 0 Å². The first kappa shape index (κ1) is 32.4. The predicted octanol–water partition coefficient (Wildman–Crippen LogP) is 5.57. The van der Waals surface area contributed by atoms with Crippen LogP contribution in [0.25, 0.3) is 5.65 Å². The number of hydrogen-bond donors (Lipinski definition) is 1. The van der Waals surface area contributed by atoms with Crippen LogP contribution in [0.4, 0.5) is 19.0 Å². The van der Waals surface area contributed by atoms with Crippen LogP contribution in [0, 0.1) is 13.8 Å². The van der Waals surface area contributed by atoms with Crippen molar-refractivity contribution in [2.24, 2.45) is 0 Å². The van der Waals surface area contributed by atoms with Crippen LogP contribution in [0.15, 0.2) is 53.7 Å². The van der Waals surface area contributed by atoms with Gasteiger partial charge in [0.05, 0.1) is 6.42 Å². The van der Waals surface area contributed by atoms with Gasteiger partial charge in [0.2, 0.25) is 15.8 Å². The van der Waals surface area contributed by atoms with E-state index in [1.165, 1.54) is 16.6 Å². The fraction of sp³-hybridized carbons (Fsp3) is 0.419. The summed E-state index contributed by atoms with van der Waals surface area (Å²) >= 11 is 0. The Kier molecular flexibility index (Phi) is 9.17. The lowest BCUT2D eigenvalue weighted by Gasteiger charge is -2.24. The highest BCUT2D eigenvalue weighted by molar-refractivity contribution is 7.89. The smallest absolute Gasteiger partial charge is 0.452 e. The van der Waals surface area contributed by atoms with Crippen molar-refractivity contribution >= 4 is 27.5 Å². The van der Waals surface area contributed by atoms with Gasteiger partial charge in [-0.15, -0.1) is 10.2 Å². The summed E-state index contributed by atoms with van der Waals surface area (Å²) in [6.07, 6.45) is 0.709. The van der Waals surface area contributed by atoms with Crippen LogP contribution in [-0.4, -0.2) is 63.0 Å². The Morgan fingerprint density at radius 2 is 1.87 bits per heavy atom. The Labute approximate surface area is 259 Å². The number of aromatic nitrogens is 4. The number of sulfonamides is 1. The fourth-order valence-corrected chi connectivity index (χ4v) is 7.44. The van der Waals surface area contributed by atoms with E-state index in [2.05, 4.69) is 22.1 Å². The highest BCUT2D eigenvalue weighted by Crippen LogP contribution is 2.36. The monoisotopic (exact) mass is 644 g/mol. The highest BCUT2D eigenvalue weighted by atomic mass is 32.2. The molecule has 1 aliphatic heterocycles. The normalized spacial score (nSPS) is 16.0. The first-order valence-electron chi connectivity index (χ1n) is 14.8. The SMILES string of the molecule is CCCCCN1CCN(Cc2cc([C@H](CC(=O)O)c3ccn4c(C(F)(F)F)nnc4c3C)ccc2C)S(=O)(=O)c2cccnc21. The number of carbonyl (C=O) groups is 1. The summed E-state index contributed by atoms with van der Waals surface area (Å²) in [5.74, 6) is -2.56. The van der Waals surface area contributed by atoms with E-state index < -0.39 is 33.9 Å². The maximum absolute atomic E-state index is 13.9. The van der Waals surface area contributed by atoms with Gasteiger partial charge in [0, 0.05) is 44.5 Å². The second-order valence-electron chi connectivity index (χ2n) is 11.3. The van der Waals surface area contributed by atoms with E-state index in [-0.39, 0.29) is 30.1 Å². The number of hydrogen-bond acceptors (Lipinski definition) is 7. The molecule has 0 aliphatic carbocycles. The number of aryl methyl sites for hydroxylation is 2. The molecular weight excluding hydrogens is 609 g/mol. The van der Waals surface area contributed by atoms with Crippen LogP contribution >= 0.6 is 0 Å². The third kappa shape index (κ3) is 6.52. The molecule has 3 aromatic heterocycles. The Morgan fingerprint density at radius 1 is 1.09 bits per heavy atom. The Morgan fingerprint density at radius 3 is 2.58 bits per heavy atom. The van der Waals surface area contributed by atoms with E-state index in [1.807, 2.05) is 17.9 Å². The van der Waals surface area contributed by atoms with Gasteiger partial charge in [-0.25, -0.2) is 13.4 Å². The number of aliphatic carboxylic acids is 1. The molecular formula is C31H35F3N6O4S. The van der Waals surface area contributed by atoms with Gasteiger partial charge in [-0.3, -0.25) is 9.20 Å². The molecule has 4 aromatic rings. The van der Waals surface area contributed by atoms with Crippen molar-refractivity contribution in [2.75, 3.05) is 24.5 Å². The molecule has 0 amide bonds. The second-order valence-corrected chi connectivity index (χ2v) is 13.2. The molecule has 0 spiro atoms. The number of pyridine rings is 2. The van der Waals surface area contributed by atoms with Gasteiger partial charge >= 0.3 is 12.1 Å². The van der Waals surface area contributed by atoms with Gasteiger partial charge in [-0.05, 0) is 66.3 Å². The van der Waals surface area contributed by atoms with Crippen LogP contribution in [0.5, 0.6) is 0 Å². The fourth-order valence-electron chi connectivity index (χ4n) is 5.87. The number of nitrogens with zero attached hydrogens (tertiary/aromatic N) is 6.